The van der Waals surface area contributed by atoms with Crippen LogP contribution in [0.4, 0.5) is 0 Å². The lowest BCUT2D eigenvalue weighted by molar-refractivity contribution is 1.38. The number of benzene rings is 2. The first-order valence-electron chi connectivity index (χ1n) is 5.00. The van der Waals surface area contributed by atoms with Crippen molar-refractivity contribution in [3.05, 3.63) is 57.2 Å². The van der Waals surface area contributed by atoms with Crippen molar-refractivity contribution < 1.29 is 0 Å². The molecule has 0 N–H and O–H groups in total. The van der Waals surface area contributed by atoms with E-state index in [0.717, 1.165) is 0 Å². The van der Waals surface area contributed by atoms with Crippen molar-refractivity contribution in [3.63, 3.8) is 0 Å². The minimum Gasteiger partial charge on any atom is -0.0617 e. The van der Waals surface area contributed by atoms with Gasteiger partial charge in [-0.2, -0.15) is 0 Å². The smallest absolute Gasteiger partial charge is 0.0136 e. The summed E-state index contributed by atoms with van der Waals surface area (Å²) in [7, 11) is 0. The summed E-state index contributed by atoms with van der Waals surface area (Å²) >= 11 is 2.36. The molecule has 0 amide bonds. The van der Waals surface area contributed by atoms with Gasteiger partial charge in [-0.1, -0.05) is 30.3 Å². The van der Waals surface area contributed by atoms with E-state index in [1.165, 1.54) is 25.8 Å². The van der Waals surface area contributed by atoms with E-state index < -0.39 is 0 Å². The molecule has 0 radical (unpaired) electrons. The van der Waals surface area contributed by atoms with E-state index >= 15 is 0 Å². The highest BCUT2D eigenvalue weighted by atomic mass is 127. The van der Waals surface area contributed by atoms with Crippen LogP contribution in [0.25, 0.3) is 11.1 Å². The van der Waals surface area contributed by atoms with E-state index in [2.05, 4.69) is 78.9 Å². The second-order valence-corrected chi connectivity index (χ2v) is 5.02. The third-order valence-corrected chi connectivity index (χ3v) is 3.27. The molecule has 15 heavy (non-hydrogen) atoms. The number of aryl methyl sites for hydroxylation is 2. The second kappa shape index (κ2) is 4.35. The maximum atomic E-state index is 2.36. The number of rotatable bonds is 1. The third-order valence-electron chi connectivity index (χ3n) is 2.59. The number of hydrogen-bond donors (Lipinski definition) is 0. The minimum atomic E-state index is 1.28. The lowest BCUT2D eigenvalue weighted by Crippen LogP contribution is -1.87. The Labute approximate surface area is 104 Å². The summed E-state index contributed by atoms with van der Waals surface area (Å²) in [4.78, 5) is 0. The summed E-state index contributed by atoms with van der Waals surface area (Å²) in [5.74, 6) is 0. The molecule has 2 rings (SSSR count). The predicted octanol–water partition coefficient (Wildman–Crippen LogP) is 4.58. The average molecular weight is 308 g/mol. The quantitative estimate of drug-likeness (QED) is 0.677. The van der Waals surface area contributed by atoms with Gasteiger partial charge in [-0.3, -0.25) is 0 Å². The van der Waals surface area contributed by atoms with E-state index in [1.54, 1.807) is 0 Å². The molecular weight excluding hydrogens is 295 g/mol. The van der Waals surface area contributed by atoms with Crippen LogP contribution in [-0.4, -0.2) is 0 Å². The Balaban J connectivity index is 2.63. The van der Waals surface area contributed by atoms with Crippen molar-refractivity contribution in [2.75, 3.05) is 0 Å². The van der Waals surface area contributed by atoms with Crippen LogP contribution in [-0.2, 0) is 0 Å². The monoisotopic (exact) mass is 308 g/mol. The summed E-state index contributed by atoms with van der Waals surface area (Å²) in [5, 5.41) is 0. The topological polar surface area (TPSA) is 0 Å². The van der Waals surface area contributed by atoms with Gasteiger partial charge in [0.05, 0.1) is 0 Å². The summed E-state index contributed by atoms with van der Waals surface area (Å²) in [6.07, 6.45) is 0. The summed E-state index contributed by atoms with van der Waals surface area (Å²) in [5.41, 5.74) is 5.38. The lowest BCUT2D eigenvalue weighted by Gasteiger charge is -2.09. The van der Waals surface area contributed by atoms with Gasteiger partial charge >= 0.3 is 0 Å². The maximum absolute atomic E-state index is 2.36. The molecule has 0 fully saturated rings. The van der Waals surface area contributed by atoms with Crippen molar-refractivity contribution in [3.8, 4) is 11.1 Å². The number of halogens is 1. The Hall–Kier alpha value is -0.830. The van der Waals surface area contributed by atoms with Gasteiger partial charge in [0.2, 0.25) is 0 Å². The van der Waals surface area contributed by atoms with Crippen molar-refractivity contribution in [2.45, 2.75) is 13.8 Å². The van der Waals surface area contributed by atoms with E-state index in [4.69, 9.17) is 0 Å². The van der Waals surface area contributed by atoms with Crippen LogP contribution in [0.5, 0.6) is 0 Å². The Morgan fingerprint density at radius 3 is 2.07 bits per heavy atom. The molecule has 0 heterocycles. The maximum Gasteiger partial charge on any atom is 0.0136 e. The first kappa shape index (κ1) is 10.7. The zero-order chi connectivity index (χ0) is 10.8. The molecule has 0 atom stereocenters. The van der Waals surface area contributed by atoms with Gasteiger partial charge in [-0.05, 0) is 70.8 Å². The third kappa shape index (κ3) is 2.23. The van der Waals surface area contributed by atoms with Crippen LogP contribution in [0.3, 0.4) is 0 Å². The van der Waals surface area contributed by atoms with E-state index in [0.29, 0.717) is 0 Å². The Morgan fingerprint density at radius 2 is 1.47 bits per heavy atom. The predicted molar refractivity (Wildman–Crippen MR) is 74.1 cm³/mol. The molecule has 0 aromatic heterocycles. The van der Waals surface area contributed by atoms with Crippen molar-refractivity contribution in [1.29, 1.82) is 0 Å². The highest BCUT2D eigenvalue weighted by Gasteiger charge is 2.04. The first-order chi connectivity index (χ1) is 7.18. The van der Waals surface area contributed by atoms with Gasteiger partial charge < -0.3 is 0 Å². The Morgan fingerprint density at radius 1 is 0.867 bits per heavy atom. The highest BCUT2D eigenvalue weighted by Crippen LogP contribution is 2.27. The molecule has 0 nitrogen and oxygen atoms in total. The molecule has 0 bridgehead atoms. The molecule has 0 saturated heterocycles. The van der Waals surface area contributed by atoms with Crippen LogP contribution in [0.2, 0.25) is 0 Å². The molecule has 2 aromatic carbocycles. The van der Waals surface area contributed by atoms with Gasteiger partial charge in [0.25, 0.3) is 0 Å². The molecule has 0 saturated carbocycles. The minimum absolute atomic E-state index is 1.28. The zero-order valence-electron chi connectivity index (χ0n) is 8.92. The fourth-order valence-electron chi connectivity index (χ4n) is 1.91. The fraction of sp³-hybridized carbons (Fsp3) is 0.143. The molecule has 0 unspecified atom stereocenters. The molecule has 76 valence electrons. The van der Waals surface area contributed by atoms with Gasteiger partial charge in [0, 0.05) is 3.57 Å². The first-order valence-corrected chi connectivity index (χ1v) is 6.08. The lowest BCUT2D eigenvalue weighted by atomic mass is 9.96. The largest absolute Gasteiger partial charge is 0.0617 e. The molecule has 0 aliphatic carbocycles. The Bertz CT molecular complexity index is 466. The summed E-state index contributed by atoms with van der Waals surface area (Å²) in [6, 6.07) is 15.1. The van der Waals surface area contributed by atoms with Gasteiger partial charge in [0.15, 0.2) is 0 Å². The average Bonchev–Trinajstić information content (AvgIpc) is 2.17. The van der Waals surface area contributed by atoms with Crippen LogP contribution < -0.4 is 0 Å². The molecule has 0 aliphatic rings. The Kier molecular flexibility index (Phi) is 3.10. The van der Waals surface area contributed by atoms with Gasteiger partial charge in [-0.15, -0.1) is 0 Å². The van der Waals surface area contributed by atoms with E-state index in [-0.39, 0.29) is 0 Å². The van der Waals surface area contributed by atoms with E-state index in [9.17, 15) is 0 Å². The highest BCUT2D eigenvalue weighted by molar-refractivity contribution is 14.1. The normalized spacial score (nSPS) is 10.3. The molecular formula is C14H13I. The van der Waals surface area contributed by atoms with E-state index in [1.807, 2.05) is 0 Å². The van der Waals surface area contributed by atoms with Crippen LogP contribution in [0.1, 0.15) is 11.1 Å². The fourth-order valence-corrected chi connectivity index (χ4v) is 2.46. The molecule has 1 heteroatoms. The van der Waals surface area contributed by atoms with Gasteiger partial charge in [-0.25, -0.2) is 0 Å². The molecule has 2 aromatic rings. The zero-order valence-corrected chi connectivity index (χ0v) is 11.1. The summed E-state index contributed by atoms with van der Waals surface area (Å²) in [6.45, 7) is 4.34. The molecule has 0 spiro atoms. The van der Waals surface area contributed by atoms with Crippen molar-refractivity contribution in [2.24, 2.45) is 0 Å². The van der Waals surface area contributed by atoms with Crippen molar-refractivity contribution in [1.82, 2.24) is 0 Å². The standard InChI is InChI=1S/C14H13I/c1-10-5-3-6-11(2)14(10)12-7-4-8-13(15)9-12/h3-9H,1-2H3. The van der Waals surface area contributed by atoms with Gasteiger partial charge in [0.1, 0.15) is 0 Å². The van der Waals surface area contributed by atoms with Crippen LogP contribution in [0.15, 0.2) is 42.5 Å². The van der Waals surface area contributed by atoms with Crippen molar-refractivity contribution >= 4 is 22.6 Å². The second-order valence-electron chi connectivity index (χ2n) is 3.78. The van der Waals surface area contributed by atoms with Crippen LogP contribution in [0, 0.1) is 17.4 Å². The number of hydrogen-bond acceptors (Lipinski definition) is 0. The molecule has 0 aliphatic heterocycles. The SMILES string of the molecule is Cc1cccc(C)c1-c1cccc(I)c1. The van der Waals surface area contributed by atoms with Crippen LogP contribution >= 0.6 is 22.6 Å². The summed E-state index contributed by atoms with van der Waals surface area (Å²) < 4.78 is 1.28.